The molecule has 0 unspecified atom stereocenters. The molecule has 0 aromatic rings. The minimum Gasteiger partial charge on any atom is -0.361 e. The van der Waals surface area contributed by atoms with Crippen LogP contribution >= 0.6 is 0 Å². The van der Waals surface area contributed by atoms with Gasteiger partial charge in [-0.05, 0) is 26.8 Å². The van der Waals surface area contributed by atoms with Gasteiger partial charge in [0.05, 0.1) is 0 Å². The maximum atomic E-state index is 10.8. The molecule has 0 aliphatic rings. The summed E-state index contributed by atoms with van der Waals surface area (Å²) in [5.74, 6) is -1.74. The molecule has 0 aromatic heterocycles. The van der Waals surface area contributed by atoms with Crippen molar-refractivity contribution >= 4 is 11.8 Å². The van der Waals surface area contributed by atoms with Gasteiger partial charge in [0.2, 0.25) is 0 Å². The highest BCUT2D eigenvalue weighted by Gasteiger charge is 2.21. The van der Waals surface area contributed by atoms with E-state index in [0.717, 1.165) is 0 Å². The number of nitrogens with one attached hydrogen (secondary N) is 1. The first-order valence-electron chi connectivity index (χ1n) is 3.71. The minimum absolute atomic E-state index is 0.450. The zero-order chi connectivity index (χ0) is 9.78. The summed E-state index contributed by atoms with van der Waals surface area (Å²) in [6.07, 6.45) is 0.603. The van der Waals surface area contributed by atoms with Crippen molar-refractivity contribution in [2.24, 2.45) is 11.5 Å². The van der Waals surface area contributed by atoms with Gasteiger partial charge >= 0.3 is 11.8 Å². The monoisotopic (exact) mass is 173 g/mol. The molecule has 0 rings (SSSR count). The largest absolute Gasteiger partial charge is 0.361 e. The van der Waals surface area contributed by atoms with Crippen LogP contribution in [0.25, 0.3) is 0 Å². The summed E-state index contributed by atoms with van der Waals surface area (Å²) in [4.78, 5) is 21.2. The number of nitrogens with two attached hydrogens (primary N) is 2. The second kappa shape index (κ2) is 4.06. The molecule has 0 spiro atoms. The molecule has 0 atom stereocenters. The Morgan fingerprint density at radius 1 is 1.42 bits per heavy atom. The molecule has 0 fully saturated rings. The maximum absolute atomic E-state index is 10.8. The van der Waals surface area contributed by atoms with Gasteiger partial charge in [0.1, 0.15) is 0 Å². The van der Waals surface area contributed by atoms with Crippen LogP contribution < -0.4 is 16.8 Å². The molecule has 0 saturated carbocycles. The van der Waals surface area contributed by atoms with E-state index in [4.69, 9.17) is 11.5 Å². The Morgan fingerprint density at radius 3 is 2.25 bits per heavy atom. The van der Waals surface area contributed by atoms with Crippen LogP contribution in [0.4, 0.5) is 0 Å². The van der Waals surface area contributed by atoms with Gasteiger partial charge in [0, 0.05) is 5.54 Å². The second-order valence-electron chi connectivity index (χ2n) is 3.24. The average molecular weight is 173 g/mol. The molecule has 70 valence electrons. The van der Waals surface area contributed by atoms with Crippen molar-refractivity contribution in [1.82, 2.24) is 5.32 Å². The Labute approximate surface area is 71.5 Å². The van der Waals surface area contributed by atoms with Crippen LogP contribution in [0.15, 0.2) is 0 Å². The van der Waals surface area contributed by atoms with Gasteiger partial charge in [-0.2, -0.15) is 0 Å². The molecule has 0 saturated heterocycles. The molecule has 0 heterocycles. The minimum atomic E-state index is -0.972. The quantitative estimate of drug-likeness (QED) is 0.463. The Hall–Kier alpha value is -1.10. The van der Waals surface area contributed by atoms with Crippen LogP contribution in [0.5, 0.6) is 0 Å². The highest BCUT2D eigenvalue weighted by atomic mass is 16.2. The molecule has 5 heteroatoms. The smallest absolute Gasteiger partial charge is 0.309 e. The SMILES string of the molecule is CC(C)(CCN)NC(=O)C(N)=O. The third-order valence-electron chi connectivity index (χ3n) is 1.45. The molecule has 2 amide bonds. The molecular formula is C7H15N3O2. The molecule has 0 bridgehead atoms. The van der Waals surface area contributed by atoms with Crippen LogP contribution in [0, 0.1) is 0 Å². The summed E-state index contributed by atoms with van der Waals surface area (Å²) in [5.41, 5.74) is 9.58. The lowest BCUT2D eigenvalue weighted by molar-refractivity contribution is -0.138. The van der Waals surface area contributed by atoms with E-state index >= 15 is 0 Å². The Bertz CT molecular complexity index is 189. The number of hydrogen-bond donors (Lipinski definition) is 3. The summed E-state index contributed by atoms with van der Waals surface area (Å²) >= 11 is 0. The first-order valence-corrected chi connectivity index (χ1v) is 3.71. The highest BCUT2D eigenvalue weighted by molar-refractivity contribution is 6.34. The summed E-state index contributed by atoms with van der Waals surface area (Å²) < 4.78 is 0. The highest BCUT2D eigenvalue weighted by Crippen LogP contribution is 2.05. The predicted octanol–water partition coefficient (Wildman–Crippen LogP) is -1.28. The van der Waals surface area contributed by atoms with Crippen molar-refractivity contribution in [2.45, 2.75) is 25.8 Å². The number of carbonyl (C=O) groups excluding carboxylic acids is 2. The number of rotatable bonds is 3. The number of amides is 2. The van der Waals surface area contributed by atoms with Crippen molar-refractivity contribution in [2.75, 3.05) is 6.54 Å². The molecular weight excluding hydrogens is 158 g/mol. The fraction of sp³-hybridized carbons (Fsp3) is 0.714. The summed E-state index contributed by atoms with van der Waals surface area (Å²) in [5, 5.41) is 2.46. The van der Waals surface area contributed by atoms with E-state index in [0.29, 0.717) is 13.0 Å². The van der Waals surface area contributed by atoms with Gasteiger partial charge in [0.15, 0.2) is 0 Å². The number of hydrogen-bond acceptors (Lipinski definition) is 3. The standard InChI is InChI=1S/C7H15N3O2/c1-7(2,3-4-8)10-6(12)5(9)11/h3-4,8H2,1-2H3,(H2,9,11)(H,10,12). The van der Waals surface area contributed by atoms with Crippen LogP contribution in [-0.2, 0) is 9.59 Å². The Morgan fingerprint density at radius 2 is 1.92 bits per heavy atom. The average Bonchev–Trinajstić information content (AvgIpc) is 1.85. The van der Waals surface area contributed by atoms with Gasteiger partial charge < -0.3 is 16.8 Å². The van der Waals surface area contributed by atoms with Gasteiger partial charge in [-0.3, -0.25) is 9.59 Å². The maximum Gasteiger partial charge on any atom is 0.309 e. The molecule has 12 heavy (non-hydrogen) atoms. The van der Waals surface area contributed by atoms with E-state index in [1.165, 1.54) is 0 Å². The van der Waals surface area contributed by atoms with Crippen LogP contribution in [-0.4, -0.2) is 23.9 Å². The normalized spacial score (nSPS) is 10.9. The predicted molar refractivity (Wildman–Crippen MR) is 45.1 cm³/mol. The van der Waals surface area contributed by atoms with Gasteiger partial charge in [-0.1, -0.05) is 0 Å². The van der Waals surface area contributed by atoms with Crippen molar-refractivity contribution in [3.05, 3.63) is 0 Å². The van der Waals surface area contributed by atoms with Crippen molar-refractivity contribution in [3.8, 4) is 0 Å². The molecule has 0 aliphatic carbocycles. The van der Waals surface area contributed by atoms with E-state index in [1.54, 1.807) is 13.8 Å². The van der Waals surface area contributed by atoms with E-state index < -0.39 is 17.4 Å². The molecule has 0 radical (unpaired) electrons. The fourth-order valence-electron chi connectivity index (χ4n) is 0.792. The lowest BCUT2D eigenvalue weighted by atomic mass is 10.0. The van der Waals surface area contributed by atoms with E-state index in [1.807, 2.05) is 0 Å². The summed E-state index contributed by atoms with van der Waals surface area (Å²) in [6, 6.07) is 0. The van der Waals surface area contributed by atoms with Crippen LogP contribution in [0.3, 0.4) is 0 Å². The zero-order valence-electron chi connectivity index (χ0n) is 7.39. The fourth-order valence-corrected chi connectivity index (χ4v) is 0.792. The van der Waals surface area contributed by atoms with E-state index in [-0.39, 0.29) is 0 Å². The number of carbonyl (C=O) groups is 2. The van der Waals surface area contributed by atoms with Crippen molar-refractivity contribution in [1.29, 1.82) is 0 Å². The summed E-state index contributed by atoms with van der Waals surface area (Å²) in [7, 11) is 0. The van der Waals surface area contributed by atoms with Gasteiger partial charge in [-0.15, -0.1) is 0 Å². The third-order valence-corrected chi connectivity index (χ3v) is 1.45. The van der Waals surface area contributed by atoms with E-state index in [9.17, 15) is 9.59 Å². The third kappa shape index (κ3) is 3.92. The second-order valence-corrected chi connectivity index (χ2v) is 3.24. The van der Waals surface area contributed by atoms with E-state index in [2.05, 4.69) is 5.32 Å². The van der Waals surface area contributed by atoms with Crippen LogP contribution in [0.2, 0.25) is 0 Å². The molecule has 5 nitrogen and oxygen atoms in total. The van der Waals surface area contributed by atoms with Crippen LogP contribution in [0.1, 0.15) is 20.3 Å². The molecule has 5 N–H and O–H groups in total. The summed E-state index contributed by atoms with van der Waals surface area (Å²) in [6.45, 7) is 4.01. The Balaban J connectivity index is 4.05. The number of primary amides is 1. The Kier molecular flexibility index (Phi) is 3.69. The van der Waals surface area contributed by atoms with Gasteiger partial charge in [0.25, 0.3) is 0 Å². The molecule has 0 aromatic carbocycles. The van der Waals surface area contributed by atoms with Gasteiger partial charge in [-0.25, -0.2) is 0 Å². The molecule has 0 aliphatic heterocycles. The first kappa shape index (κ1) is 10.9. The van der Waals surface area contributed by atoms with Crippen molar-refractivity contribution in [3.63, 3.8) is 0 Å². The zero-order valence-corrected chi connectivity index (χ0v) is 7.39. The first-order chi connectivity index (χ1) is 5.39. The lowest BCUT2D eigenvalue weighted by Crippen LogP contribution is -2.49. The van der Waals surface area contributed by atoms with Crippen molar-refractivity contribution < 1.29 is 9.59 Å². The lowest BCUT2D eigenvalue weighted by Gasteiger charge is -2.24. The topological polar surface area (TPSA) is 98.2 Å².